The lowest BCUT2D eigenvalue weighted by Gasteiger charge is -2.11. The molecule has 0 saturated carbocycles. The molecule has 86 valence electrons. The maximum absolute atomic E-state index is 10.8. The van der Waals surface area contributed by atoms with Gasteiger partial charge in [-0.15, -0.1) is 6.58 Å². The number of hydrogen-bond acceptors (Lipinski definition) is 3. The standard InChI is InChI=1S/C11H13ClN2O2/c1-2-3-4-10(13)9-7-8(12)5-6-11(9)14(15)16/h2,5-7,10H,1,3-4,13H2/t10-/m1/s1. The molecule has 16 heavy (non-hydrogen) atoms. The molecule has 0 aromatic heterocycles. The van der Waals surface area contributed by atoms with Crippen LogP contribution in [-0.2, 0) is 0 Å². The highest BCUT2D eigenvalue weighted by atomic mass is 35.5. The maximum atomic E-state index is 10.8. The molecule has 0 aliphatic rings. The number of hydrogen-bond donors (Lipinski definition) is 1. The molecule has 0 unspecified atom stereocenters. The van der Waals surface area contributed by atoms with Crippen LogP contribution in [0.15, 0.2) is 30.9 Å². The van der Waals surface area contributed by atoms with Gasteiger partial charge in [-0.2, -0.15) is 0 Å². The van der Waals surface area contributed by atoms with Gasteiger partial charge in [0.25, 0.3) is 5.69 Å². The first-order chi connectivity index (χ1) is 7.56. The molecule has 1 atom stereocenters. The molecule has 0 spiro atoms. The van der Waals surface area contributed by atoms with Crippen molar-refractivity contribution in [3.05, 3.63) is 51.6 Å². The Morgan fingerprint density at radius 2 is 2.31 bits per heavy atom. The Morgan fingerprint density at radius 3 is 2.88 bits per heavy atom. The van der Waals surface area contributed by atoms with Crippen molar-refractivity contribution in [2.45, 2.75) is 18.9 Å². The number of benzene rings is 1. The number of nitro benzene ring substituents is 1. The van der Waals surface area contributed by atoms with Crippen molar-refractivity contribution in [3.8, 4) is 0 Å². The van der Waals surface area contributed by atoms with Crippen molar-refractivity contribution in [3.63, 3.8) is 0 Å². The largest absolute Gasteiger partial charge is 0.324 e. The van der Waals surface area contributed by atoms with E-state index >= 15 is 0 Å². The van der Waals surface area contributed by atoms with E-state index in [-0.39, 0.29) is 5.69 Å². The zero-order valence-electron chi connectivity index (χ0n) is 8.73. The minimum Gasteiger partial charge on any atom is -0.324 e. The Balaban J connectivity index is 3.03. The predicted molar refractivity (Wildman–Crippen MR) is 64.5 cm³/mol. The van der Waals surface area contributed by atoms with Crippen LogP contribution in [0.1, 0.15) is 24.4 Å². The molecular formula is C11H13ClN2O2. The summed E-state index contributed by atoms with van der Waals surface area (Å²) < 4.78 is 0. The monoisotopic (exact) mass is 240 g/mol. The first-order valence-electron chi connectivity index (χ1n) is 4.86. The SMILES string of the molecule is C=CCC[C@@H](N)c1cc(Cl)ccc1[N+](=O)[O-]. The number of halogens is 1. The zero-order chi connectivity index (χ0) is 12.1. The summed E-state index contributed by atoms with van der Waals surface area (Å²) >= 11 is 5.80. The van der Waals surface area contributed by atoms with E-state index in [1.807, 2.05) is 0 Å². The third-order valence-corrected chi connectivity index (χ3v) is 2.50. The highest BCUT2D eigenvalue weighted by Gasteiger charge is 2.18. The normalized spacial score (nSPS) is 12.1. The van der Waals surface area contributed by atoms with Crippen molar-refractivity contribution in [2.75, 3.05) is 0 Å². The Kier molecular flexibility index (Phi) is 4.46. The average Bonchev–Trinajstić information content (AvgIpc) is 2.25. The van der Waals surface area contributed by atoms with E-state index in [0.29, 0.717) is 23.4 Å². The molecular weight excluding hydrogens is 228 g/mol. The molecule has 0 fully saturated rings. The van der Waals surface area contributed by atoms with Crippen LogP contribution in [0.5, 0.6) is 0 Å². The fourth-order valence-electron chi connectivity index (χ4n) is 1.44. The fourth-order valence-corrected chi connectivity index (χ4v) is 1.62. The zero-order valence-corrected chi connectivity index (χ0v) is 9.48. The minimum atomic E-state index is -0.445. The smallest absolute Gasteiger partial charge is 0.274 e. The third kappa shape index (κ3) is 3.05. The third-order valence-electron chi connectivity index (χ3n) is 2.27. The lowest BCUT2D eigenvalue weighted by Crippen LogP contribution is -2.12. The van der Waals surface area contributed by atoms with Crippen LogP contribution in [-0.4, -0.2) is 4.92 Å². The summed E-state index contributed by atoms with van der Waals surface area (Å²) in [5, 5.41) is 11.3. The highest BCUT2D eigenvalue weighted by molar-refractivity contribution is 6.30. The number of allylic oxidation sites excluding steroid dienone is 1. The lowest BCUT2D eigenvalue weighted by molar-refractivity contribution is -0.385. The van der Waals surface area contributed by atoms with E-state index in [4.69, 9.17) is 17.3 Å². The maximum Gasteiger partial charge on any atom is 0.274 e. The quantitative estimate of drug-likeness (QED) is 0.488. The first kappa shape index (κ1) is 12.7. The molecule has 1 aromatic carbocycles. The molecule has 0 aliphatic carbocycles. The van der Waals surface area contributed by atoms with Crippen LogP contribution in [0, 0.1) is 10.1 Å². The van der Waals surface area contributed by atoms with Gasteiger partial charge in [-0.05, 0) is 25.0 Å². The van der Waals surface area contributed by atoms with E-state index in [9.17, 15) is 10.1 Å². The van der Waals surface area contributed by atoms with Crippen molar-refractivity contribution in [1.29, 1.82) is 0 Å². The summed E-state index contributed by atoms with van der Waals surface area (Å²) in [6, 6.07) is 4.03. The van der Waals surface area contributed by atoms with Crippen LogP contribution in [0.4, 0.5) is 5.69 Å². The first-order valence-corrected chi connectivity index (χ1v) is 5.24. The van der Waals surface area contributed by atoms with E-state index in [1.54, 1.807) is 12.1 Å². The number of nitro groups is 1. The fraction of sp³-hybridized carbons (Fsp3) is 0.273. The van der Waals surface area contributed by atoms with Crippen LogP contribution < -0.4 is 5.73 Å². The summed E-state index contributed by atoms with van der Waals surface area (Å²) in [5.41, 5.74) is 6.36. The second kappa shape index (κ2) is 5.63. The summed E-state index contributed by atoms with van der Waals surface area (Å²) in [6.07, 6.45) is 3.06. The average molecular weight is 241 g/mol. The Bertz CT molecular complexity index is 407. The summed E-state index contributed by atoms with van der Waals surface area (Å²) in [5.74, 6) is 0. The Labute approximate surface area is 98.9 Å². The predicted octanol–water partition coefficient (Wildman–Crippen LogP) is 3.21. The van der Waals surface area contributed by atoms with Gasteiger partial charge >= 0.3 is 0 Å². The van der Waals surface area contributed by atoms with E-state index in [2.05, 4.69) is 6.58 Å². The Hall–Kier alpha value is -1.39. The Morgan fingerprint density at radius 1 is 1.62 bits per heavy atom. The van der Waals surface area contributed by atoms with Gasteiger partial charge in [-0.3, -0.25) is 10.1 Å². The molecule has 0 heterocycles. The minimum absolute atomic E-state index is 0.0148. The van der Waals surface area contributed by atoms with Crippen molar-refractivity contribution < 1.29 is 4.92 Å². The van der Waals surface area contributed by atoms with Crippen LogP contribution in [0.25, 0.3) is 0 Å². The summed E-state index contributed by atoms with van der Waals surface area (Å²) in [4.78, 5) is 10.4. The van der Waals surface area contributed by atoms with Crippen molar-refractivity contribution in [2.24, 2.45) is 5.73 Å². The molecule has 1 rings (SSSR count). The number of nitrogens with zero attached hydrogens (tertiary/aromatic N) is 1. The molecule has 0 bridgehead atoms. The van der Waals surface area contributed by atoms with Crippen molar-refractivity contribution >= 4 is 17.3 Å². The van der Waals surface area contributed by atoms with Gasteiger partial charge in [-0.25, -0.2) is 0 Å². The molecule has 0 amide bonds. The highest BCUT2D eigenvalue weighted by Crippen LogP contribution is 2.29. The molecule has 2 N–H and O–H groups in total. The second-order valence-corrected chi connectivity index (χ2v) is 3.87. The molecule has 1 aromatic rings. The second-order valence-electron chi connectivity index (χ2n) is 3.43. The van der Waals surface area contributed by atoms with E-state index in [0.717, 1.165) is 0 Å². The summed E-state index contributed by atoms with van der Waals surface area (Å²) in [6.45, 7) is 3.59. The van der Waals surface area contributed by atoms with E-state index < -0.39 is 11.0 Å². The number of nitrogens with two attached hydrogens (primary N) is 1. The van der Waals surface area contributed by atoms with Crippen LogP contribution in [0.3, 0.4) is 0 Å². The van der Waals surface area contributed by atoms with Crippen molar-refractivity contribution in [1.82, 2.24) is 0 Å². The van der Waals surface area contributed by atoms with E-state index in [1.165, 1.54) is 12.1 Å². The molecule has 0 aliphatic heterocycles. The summed E-state index contributed by atoms with van der Waals surface area (Å²) in [7, 11) is 0. The lowest BCUT2D eigenvalue weighted by atomic mass is 10.0. The molecule has 5 heteroatoms. The molecule has 4 nitrogen and oxygen atoms in total. The van der Waals surface area contributed by atoms with Gasteiger partial charge in [0, 0.05) is 22.7 Å². The van der Waals surface area contributed by atoms with Gasteiger partial charge in [0.2, 0.25) is 0 Å². The van der Waals surface area contributed by atoms with Gasteiger partial charge in [-0.1, -0.05) is 17.7 Å². The molecule has 0 radical (unpaired) electrons. The van der Waals surface area contributed by atoms with Gasteiger partial charge in [0.15, 0.2) is 0 Å². The van der Waals surface area contributed by atoms with Gasteiger partial charge in [0.1, 0.15) is 0 Å². The van der Waals surface area contributed by atoms with Crippen LogP contribution in [0.2, 0.25) is 5.02 Å². The molecule has 0 saturated heterocycles. The van der Waals surface area contributed by atoms with Gasteiger partial charge < -0.3 is 5.73 Å². The van der Waals surface area contributed by atoms with Gasteiger partial charge in [0.05, 0.1) is 4.92 Å². The van der Waals surface area contributed by atoms with Crippen LogP contribution >= 0.6 is 11.6 Å². The topological polar surface area (TPSA) is 69.2 Å². The number of rotatable bonds is 5.